The van der Waals surface area contributed by atoms with E-state index in [0.717, 1.165) is 22.9 Å². The molecule has 1 aliphatic rings. The van der Waals surface area contributed by atoms with E-state index in [4.69, 9.17) is 10.5 Å². The van der Waals surface area contributed by atoms with Gasteiger partial charge >= 0.3 is 0 Å². The summed E-state index contributed by atoms with van der Waals surface area (Å²) in [6, 6.07) is 7.86. The predicted molar refractivity (Wildman–Crippen MR) is 72.9 cm³/mol. The Kier molecular flexibility index (Phi) is 4.74. The maximum Gasteiger partial charge on any atom is 0.249 e. The molecule has 98 valence electrons. The number of carbonyl (C=O) groups excluding carboxylic acids is 1. The van der Waals surface area contributed by atoms with Crippen molar-refractivity contribution in [3.8, 4) is 0 Å². The number of benzene rings is 1. The third-order valence-electron chi connectivity index (χ3n) is 3.02. The molecular weight excluding hydrogens is 296 g/mol. The molecule has 3 N–H and O–H groups in total. The molecule has 2 atom stereocenters. The quantitative estimate of drug-likeness (QED) is 0.887. The Morgan fingerprint density at radius 2 is 2.33 bits per heavy atom. The van der Waals surface area contributed by atoms with E-state index >= 15 is 0 Å². The smallest absolute Gasteiger partial charge is 0.249 e. The van der Waals surface area contributed by atoms with Crippen LogP contribution in [0.5, 0.6) is 0 Å². The normalized spacial score (nSPS) is 23.0. The number of carbonyl (C=O) groups is 1. The Labute approximate surface area is 115 Å². The Morgan fingerprint density at radius 3 is 3.00 bits per heavy atom. The number of hydrogen-bond acceptors (Lipinski definition) is 3. The average Bonchev–Trinajstić information content (AvgIpc) is 2.85. The summed E-state index contributed by atoms with van der Waals surface area (Å²) in [4.78, 5) is 11.9. The predicted octanol–water partition coefficient (Wildman–Crippen LogP) is 1.57. The van der Waals surface area contributed by atoms with Crippen LogP contribution in [0.1, 0.15) is 18.4 Å². The van der Waals surface area contributed by atoms with Crippen LogP contribution >= 0.6 is 15.9 Å². The van der Waals surface area contributed by atoms with Crippen LogP contribution in [0.25, 0.3) is 0 Å². The number of ether oxygens (including phenoxy) is 1. The van der Waals surface area contributed by atoms with Crippen molar-refractivity contribution in [1.82, 2.24) is 5.32 Å². The number of hydrogen-bond donors (Lipinski definition) is 2. The first kappa shape index (κ1) is 13.5. The molecule has 18 heavy (non-hydrogen) atoms. The van der Waals surface area contributed by atoms with Crippen molar-refractivity contribution in [1.29, 1.82) is 0 Å². The van der Waals surface area contributed by atoms with Crippen LogP contribution in [0, 0.1) is 0 Å². The van der Waals surface area contributed by atoms with Crippen molar-refractivity contribution >= 4 is 21.8 Å². The summed E-state index contributed by atoms with van der Waals surface area (Å²) in [5, 5.41) is 2.89. The molecule has 1 heterocycles. The summed E-state index contributed by atoms with van der Waals surface area (Å²) in [7, 11) is 0. The van der Waals surface area contributed by atoms with Gasteiger partial charge in [0.25, 0.3) is 0 Å². The molecule has 4 nitrogen and oxygen atoms in total. The van der Waals surface area contributed by atoms with Gasteiger partial charge in [-0.25, -0.2) is 0 Å². The van der Waals surface area contributed by atoms with Crippen LogP contribution in [0.3, 0.4) is 0 Å². The topological polar surface area (TPSA) is 64.4 Å². The maximum atomic E-state index is 11.9. The summed E-state index contributed by atoms with van der Waals surface area (Å²) >= 11 is 3.40. The highest BCUT2D eigenvalue weighted by Crippen LogP contribution is 2.19. The fourth-order valence-electron chi connectivity index (χ4n) is 2.02. The highest BCUT2D eigenvalue weighted by molar-refractivity contribution is 9.10. The lowest BCUT2D eigenvalue weighted by atomic mass is 10.2. The summed E-state index contributed by atoms with van der Waals surface area (Å²) < 4.78 is 6.55. The first-order chi connectivity index (χ1) is 8.69. The van der Waals surface area contributed by atoms with Gasteiger partial charge in [0.1, 0.15) is 6.10 Å². The lowest BCUT2D eigenvalue weighted by Gasteiger charge is -2.12. The molecule has 0 aromatic heterocycles. The van der Waals surface area contributed by atoms with E-state index in [2.05, 4.69) is 21.2 Å². The minimum Gasteiger partial charge on any atom is -0.364 e. The van der Waals surface area contributed by atoms with Crippen molar-refractivity contribution in [3.63, 3.8) is 0 Å². The highest BCUT2D eigenvalue weighted by atomic mass is 79.9. The van der Waals surface area contributed by atoms with E-state index in [1.165, 1.54) is 0 Å². The van der Waals surface area contributed by atoms with Crippen LogP contribution in [-0.2, 0) is 16.1 Å². The van der Waals surface area contributed by atoms with Crippen molar-refractivity contribution < 1.29 is 9.53 Å². The number of rotatable bonds is 4. The monoisotopic (exact) mass is 312 g/mol. The second kappa shape index (κ2) is 6.31. The molecule has 0 aliphatic carbocycles. The Morgan fingerprint density at radius 1 is 1.50 bits per heavy atom. The van der Waals surface area contributed by atoms with Gasteiger partial charge in [0, 0.05) is 17.6 Å². The zero-order valence-corrected chi connectivity index (χ0v) is 11.7. The number of nitrogens with one attached hydrogen (secondary N) is 1. The standard InChI is InChI=1S/C13H17BrN2O2/c14-10-3-1-2-9(6-10)8-16-13(17)12-5-4-11(7-15)18-12/h1-3,6,11-12H,4-5,7-8,15H2,(H,16,17). The second-order valence-electron chi connectivity index (χ2n) is 4.41. The molecule has 2 rings (SSSR count). The van der Waals surface area contributed by atoms with Gasteiger partial charge in [-0.3, -0.25) is 4.79 Å². The average molecular weight is 313 g/mol. The lowest BCUT2D eigenvalue weighted by molar-refractivity contribution is -0.132. The van der Waals surface area contributed by atoms with Crippen LogP contribution in [0.4, 0.5) is 0 Å². The number of amides is 1. The fraction of sp³-hybridized carbons (Fsp3) is 0.462. The van der Waals surface area contributed by atoms with Crippen molar-refractivity contribution in [2.75, 3.05) is 6.54 Å². The van der Waals surface area contributed by atoms with Crippen LogP contribution in [0.15, 0.2) is 28.7 Å². The minimum absolute atomic E-state index is 0.0339. The zero-order valence-electron chi connectivity index (χ0n) is 10.1. The minimum atomic E-state index is -0.342. The summed E-state index contributed by atoms with van der Waals surface area (Å²) in [5.41, 5.74) is 6.58. The first-order valence-corrected chi connectivity index (χ1v) is 6.86. The summed E-state index contributed by atoms with van der Waals surface area (Å²) in [6.45, 7) is 1.00. The maximum absolute atomic E-state index is 11.9. The molecule has 0 bridgehead atoms. The van der Waals surface area contributed by atoms with E-state index in [1.807, 2.05) is 24.3 Å². The number of halogens is 1. The third-order valence-corrected chi connectivity index (χ3v) is 3.51. The molecule has 1 fully saturated rings. The molecule has 2 unspecified atom stereocenters. The van der Waals surface area contributed by atoms with E-state index in [-0.39, 0.29) is 18.1 Å². The van der Waals surface area contributed by atoms with Crippen molar-refractivity contribution in [2.24, 2.45) is 5.73 Å². The van der Waals surface area contributed by atoms with Gasteiger partial charge in [0.2, 0.25) is 5.91 Å². The molecule has 1 aromatic rings. The van der Waals surface area contributed by atoms with Gasteiger partial charge in [0.05, 0.1) is 6.10 Å². The molecule has 1 amide bonds. The van der Waals surface area contributed by atoms with Crippen molar-refractivity contribution in [3.05, 3.63) is 34.3 Å². The van der Waals surface area contributed by atoms with Crippen molar-refractivity contribution in [2.45, 2.75) is 31.6 Å². The van der Waals surface area contributed by atoms with E-state index < -0.39 is 0 Å². The summed E-state index contributed by atoms with van der Waals surface area (Å²) in [5.74, 6) is -0.0501. The molecular formula is C13H17BrN2O2. The largest absolute Gasteiger partial charge is 0.364 e. The fourth-order valence-corrected chi connectivity index (χ4v) is 2.47. The van der Waals surface area contributed by atoms with Gasteiger partial charge in [-0.2, -0.15) is 0 Å². The van der Waals surface area contributed by atoms with Gasteiger partial charge in [-0.05, 0) is 30.5 Å². The third kappa shape index (κ3) is 3.54. The Hall–Kier alpha value is -0.910. The highest BCUT2D eigenvalue weighted by Gasteiger charge is 2.29. The van der Waals surface area contributed by atoms with E-state index in [1.54, 1.807) is 0 Å². The Bertz CT molecular complexity index is 425. The summed E-state index contributed by atoms with van der Waals surface area (Å²) in [6.07, 6.45) is 1.31. The molecule has 1 aliphatic heterocycles. The van der Waals surface area contributed by atoms with E-state index in [0.29, 0.717) is 13.1 Å². The van der Waals surface area contributed by atoms with Crippen LogP contribution in [0.2, 0.25) is 0 Å². The molecule has 5 heteroatoms. The van der Waals surface area contributed by atoms with E-state index in [9.17, 15) is 4.79 Å². The Balaban J connectivity index is 1.82. The lowest BCUT2D eigenvalue weighted by Crippen LogP contribution is -2.35. The molecule has 0 saturated carbocycles. The van der Waals surface area contributed by atoms with Crippen LogP contribution in [-0.4, -0.2) is 24.7 Å². The molecule has 1 saturated heterocycles. The van der Waals surface area contributed by atoms with Gasteiger partial charge in [-0.15, -0.1) is 0 Å². The second-order valence-corrected chi connectivity index (χ2v) is 5.32. The zero-order chi connectivity index (χ0) is 13.0. The number of nitrogens with two attached hydrogens (primary N) is 1. The molecule has 1 aromatic carbocycles. The molecule has 0 spiro atoms. The molecule has 0 radical (unpaired) electrons. The van der Waals surface area contributed by atoms with Crippen LogP contribution < -0.4 is 11.1 Å². The van der Waals surface area contributed by atoms with Gasteiger partial charge in [-0.1, -0.05) is 28.1 Å². The first-order valence-electron chi connectivity index (χ1n) is 6.06. The SMILES string of the molecule is NCC1CCC(C(=O)NCc2cccc(Br)c2)O1. The van der Waals surface area contributed by atoms with Gasteiger partial charge < -0.3 is 15.8 Å². The van der Waals surface area contributed by atoms with Gasteiger partial charge in [0.15, 0.2) is 0 Å².